The van der Waals surface area contributed by atoms with Crippen molar-refractivity contribution < 1.29 is 12.8 Å². The third-order valence-electron chi connectivity index (χ3n) is 3.40. The molecule has 0 aliphatic heterocycles. The fourth-order valence-corrected chi connectivity index (χ4v) is 3.46. The van der Waals surface area contributed by atoms with Crippen molar-refractivity contribution in [2.75, 3.05) is 0 Å². The van der Waals surface area contributed by atoms with Crippen molar-refractivity contribution in [1.82, 2.24) is 0 Å². The van der Waals surface area contributed by atoms with Crippen molar-refractivity contribution >= 4 is 11.1 Å². The molecular weight excluding hydrogens is 287 g/mol. The van der Waals surface area contributed by atoms with E-state index in [1.807, 2.05) is 13.8 Å². The summed E-state index contributed by atoms with van der Waals surface area (Å²) in [5.41, 5.74) is 3.18. The number of halogens is 1. The summed E-state index contributed by atoms with van der Waals surface area (Å²) < 4.78 is 30.8. The first kappa shape index (κ1) is 18.3. The fraction of sp³-hybridized carbons (Fsp3) is 0.647. The van der Waals surface area contributed by atoms with Gasteiger partial charge in [0.25, 0.3) is 0 Å². The largest absolute Gasteiger partial charge is 0.284 e. The molecule has 0 radical (unpaired) electrons. The molecule has 0 aromatic heterocycles. The molecular formula is C17H27FO2S. The maximum atomic E-state index is 13.0. The Kier molecular flexibility index (Phi) is 6.11. The van der Waals surface area contributed by atoms with E-state index >= 15 is 0 Å². The van der Waals surface area contributed by atoms with Gasteiger partial charge in [-0.2, -0.15) is 0 Å². The molecule has 4 heteroatoms. The van der Waals surface area contributed by atoms with Gasteiger partial charge < -0.3 is 0 Å². The summed E-state index contributed by atoms with van der Waals surface area (Å²) in [6.07, 6.45) is -1.07. The highest BCUT2D eigenvalue weighted by Gasteiger charge is 2.20. The van der Waals surface area contributed by atoms with E-state index in [1.165, 1.54) is 12.5 Å². The van der Waals surface area contributed by atoms with Crippen LogP contribution in [0.1, 0.15) is 57.7 Å². The van der Waals surface area contributed by atoms with Gasteiger partial charge >= 0.3 is 0 Å². The molecule has 3 atom stereocenters. The average molecular weight is 314 g/mol. The Morgan fingerprint density at radius 3 is 2.05 bits per heavy atom. The van der Waals surface area contributed by atoms with Gasteiger partial charge in [-0.3, -0.25) is 4.18 Å². The van der Waals surface area contributed by atoms with E-state index in [9.17, 15) is 8.60 Å². The Bertz CT molecular complexity index is 495. The van der Waals surface area contributed by atoms with E-state index in [-0.39, 0.29) is 17.9 Å². The summed E-state index contributed by atoms with van der Waals surface area (Å²) in [6.45, 7) is 13.6. The Morgan fingerprint density at radius 2 is 1.67 bits per heavy atom. The minimum atomic E-state index is -1.55. The molecule has 0 saturated heterocycles. The minimum Gasteiger partial charge on any atom is -0.284 e. The van der Waals surface area contributed by atoms with Crippen LogP contribution < -0.4 is 0 Å². The van der Waals surface area contributed by atoms with Gasteiger partial charge in [-0.05, 0) is 49.8 Å². The van der Waals surface area contributed by atoms with Gasteiger partial charge in [0, 0.05) is 6.42 Å². The first-order valence-corrected chi connectivity index (χ1v) is 8.44. The van der Waals surface area contributed by atoms with Crippen molar-refractivity contribution in [2.24, 2.45) is 0 Å². The molecule has 0 spiro atoms. The first-order valence-electron chi connectivity index (χ1n) is 7.37. The van der Waals surface area contributed by atoms with Crippen LogP contribution >= 0.6 is 0 Å². The van der Waals surface area contributed by atoms with Crippen molar-refractivity contribution in [1.29, 1.82) is 0 Å². The van der Waals surface area contributed by atoms with Crippen molar-refractivity contribution in [3.63, 3.8) is 0 Å². The van der Waals surface area contributed by atoms with Gasteiger partial charge in [0.15, 0.2) is 11.1 Å². The van der Waals surface area contributed by atoms with Gasteiger partial charge in [0.1, 0.15) is 0 Å². The second-order valence-electron chi connectivity index (χ2n) is 6.85. The van der Waals surface area contributed by atoms with E-state index in [1.54, 1.807) is 6.92 Å². The molecule has 0 aliphatic carbocycles. The summed E-state index contributed by atoms with van der Waals surface area (Å²) in [5, 5.41) is 0. The zero-order chi connectivity index (χ0) is 16.4. The molecule has 2 nitrogen and oxygen atoms in total. The van der Waals surface area contributed by atoms with Crippen molar-refractivity contribution in [3.8, 4) is 0 Å². The Hall–Kier alpha value is -0.740. The van der Waals surface area contributed by atoms with Gasteiger partial charge in [-0.15, -0.1) is 0 Å². The fourth-order valence-electron chi connectivity index (χ4n) is 2.34. The van der Waals surface area contributed by atoms with Gasteiger partial charge in [0.2, 0.25) is 0 Å². The highest BCUT2D eigenvalue weighted by Crippen LogP contribution is 2.29. The van der Waals surface area contributed by atoms with Crippen LogP contribution in [0.15, 0.2) is 17.0 Å². The topological polar surface area (TPSA) is 26.3 Å². The average Bonchev–Trinajstić information content (AvgIpc) is 2.24. The van der Waals surface area contributed by atoms with Crippen LogP contribution in [0.5, 0.6) is 0 Å². The smallest absolute Gasteiger partial charge is 0.189 e. The molecule has 0 amide bonds. The number of hydrogen-bond acceptors (Lipinski definition) is 2. The molecule has 21 heavy (non-hydrogen) atoms. The summed E-state index contributed by atoms with van der Waals surface area (Å²) in [6, 6.07) is 4.12. The standard InChI is InChI=1S/C17H27FO2S/c1-11-8-15(17(5,6)7)9-12(2)16(11)21(19)20-14(4)10-13(3)18/h8-9,13-14H,10H2,1-7H3. The number of rotatable bonds is 5. The van der Waals surface area contributed by atoms with E-state index in [0.717, 1.165) is 11.1 Å². The molecule has 0 N–H and O–H groups in total. The lowest BCUT2D eigenvalue weighted by atomic mass is 9.85. The second kappa shape index (κ2) is 7.01. The zero-order valence-corrected chi connectivity index (χ0v) is 14.9. The van der Waals surface area contributed by atoms with Crippen LogP contribution in [-0.4, -0.2) is 16.5 Å². The Labute approximate surface area is 130 Å². The van der Waals surface area contributed by atoms with E-state index < -0.39 is 17.3 Å². The van der Waals surface area contributed by atoms with Gasteiger partial charge in [-0.25, -0.2) is 8.60 Å². The Morgan fingerprint density at radius 1 is 1.19 bits per heavy atom. The molecule has 0 saturated carbocycles. The van der Waals surface area contributed by atoms with Crippen molar-refractivity contribution in [3.05, 3.63) is 28.8 Å². The minimum absolute atomic E-state index is 0.0490. The summed E-state index contributed by atoms with van der Waals surface area (Å²) in [5.74, 6) is 0. The summed E-state index contributed by atoms with van der Waals surface area (Å²) in [4.78, 5) is 0.710. The monoisotopic (exact) mass is 314 g/mol. The summed E-state index contributed by atoms with van der Waals surface area (Å²) in [7, 11) is 0. The lowest BCUT2D eigenvalue weighted by Gasteiger charge is -2.22. The number of aryl methyl sites for hydroxylation is 2. The summed E-state index contributed by atoms with van der Waals surface area (Å²) >= 11 is -1.55. The number of alkyl halides is 1. The lowest BCUT2D eigenvalue weighted by Crippen LogP contribution is -2.17. The maximum Gasteiger partial charge on any atom is 0.189 e. The molecule has 0 heterocycles. The van der Waals surface area contributed by atoms with Crippen LogP contribution in [0.25, 0.3) is 0 Å². The van der Waals surface area contributed by atoms with E-state index in [2.05, 4.69) is 32.9 Å². The maximum absolute atomic E-state index is 13.0. The molecule has 1 rings (SSSR count). The normalized spacial score (nSPS) is 16.6. The molecule has 0 bridgehead atoms. The van der Waals surface area contributed by atoms with Crippen LogP contribution in [0.4, 0.5) is 4.39 Å². The first-order chi connectivity index (χ1) is 9.52. The Balaban J connectivity index is 3.01. The van der Waals surface area contributed by atoms with Crippen LogP contribution in [0.2, 0.25) is 0 Å². The SMILES string of the molecule is Cc1cc(C(C)(C)C)cc(C)c1S(=O)OC(C)CC(C)F. The van der Waals surface area contributed by atoms with Crippen LogP contribution in [0, 0.1) is 13.8 Å². The molecule has 1 aromatic rings. The molecule has 120 valence electrons. The molecule has 0 fully saturated rings. The van der Waals surface area contributed by atoms with Crippen LogP contribution in [-0.2, 0) is 20.7 Å². The van der Waals surface area contributed by atoms with Gasteiger partial charge in [-0.1, -0.05) is 32.9 Å². The second-order valence-corrected chi connectivity index (χ2v) is 7.92. The molecule has 1 aromatic carbocycles. The van der Waals surface area contributed by atoms with E-state index in [0.29, 0.717) is 4.90 Å². The zero-order valence-electron chi connectivity index (χ0n) is 14.1. The van der Waals surface area contributed by atoms with Gasteiger partial charge in [0.05, 0.1) is 17.2 Å². The quantitative estimate of drug-likeness (QED) is 0.782. The molecule has 0 aliphatic rings. The van der Waals surface area contributed by atoms with Crippen molar-refractivity contribution in [2.45, 2.75) is 77.5 Å². The predicted octanol–water partition coefficient (Wildman–Crippen LogP) is 4.78. The van der Waals surface area contributed by atoms with E-state index in [4.69, 9.17) is 4.18 Å². The third kappa shape index (κ3) is 5.19. The predicted molar refractivity (Wildman–Crippen MR) is 86.8 cm³/mol. The van der Waals surface area contributed by atoms with Crippen LogP contribution in [0.3, 0.4) is 0 Å². The highest BCUT2D eigenvalue weighted by atomic mass is 32.2. The number of benzene rings is 1. The highest BCUT2D eigenvalue weighted by molar-refractivity contribution is 7.80. The third-order valence-corrected chi connectivity index (χ3v) is 4.88. The molecule has 3 unspecified atom stereocenters. The number of hydrogen-bond donors (Lipinski definition) is 0. The lowest BCUT2D eigenvalue weighted by molar-refractivity contribution is 0.187.